The van der Waals surface area contributed by atoms with Gasteiger partial charge in [0.15, 0.2) is 0 Å². The Balaban J connectivity index is 1.83. The fraction of sp³-hybridized carbons (Fsp3) is 0.200. The zero-order valence-electron chi connectivity index (χ0n) is 18.6. The van der Waals surface area contributed by atoms with Crippen LogP contribution in [-0.4, -0.2) is 39.6 Å². The number of nitro benzene ring substituents is 1. The Bertz CT molecular complexity index is 1190. The molecule has 0 N–H and O–H groups in total. The van der Waals surface area contributed by atoms with Crippen molar-refractivity contribution >= 4 is 28.8 Å². The van der Waals surface area contributed by atoms with Gasteiger partial charge in [-0.15, -0.1) is 17.9 Å². The summed E-state index contributed by atoms with van der Waals surface area (Å²) >= 11 is 1.53. The summed E-state index contributed by atoms with van der Waals surface area (Å²) in [5.41, 5.74) is 1.71. The van der Waals surface area contributed by atoms with E-state index in [9.17, 15) is 24.1 Å². The first-order valence-corrected chi connectivity index (χ1v) is 11.4. The van der Waals surface area contributed by atoms with Crippen molar-refractivity contribution in [2.75, 3.05) is 13.1 Å². The predicted octanol–water partition coefficient (Wildman–Crippen LogP) is 4.96. The average Bonchev–Trinajstić information content (AvgIpc) is 3.23. The van der Waals surface area contributed by atoms with Crippen LogP contribution in [0.5, 0.6) is 0 Å². The quantitative estimate of drug-likeness (QED) is 0.233. The molecule has 34 heavy (non-hydrogen) atoms. The molecule has 0 saturated carbocycles. The fourth-order valence-corrected chi connectivity index (χ4v) is 4.28. The van der Waals surface area contributed by atoms with Gasteiger partial charge in [-0.05, 0) is 47.7 Å². The van der Waals surface area contributed by atoms with E-state index >= 15 is 0 Å². The van der Waals surface area contributed by atoms with E-state index in [0.717, 1.165) is 16.0 Å². The number of rotatable bonds is 10. The summed E-state index contributed by atoms with van der Waals surface area (Å²) in [6.45, 7) is 6.06. The molecule has 0 unspecified atom stereocenters. The Labute approximate surface area is 200 Å². The summed E-state index contributed by atoms with van der Waals surface area (Å²) in [6.07, 6.45) is 1.50. The van der Waals surface area contributed by atoms with E-state index in [1.165, 1.54) is 58.7 Å². The third-order valence-electron chi connectivity index (χ3n) is 5.21. The zero-order chi connectivity index (χ0) is 24.7. The second-order valence-corrected chi connectivity index (χ2v) is 8.69. The Morgan fingerprint density at radius 2 is 1.85 bits per heavy atom. The van der Waals surface area contributed by atoms with Crippen LogP contribution >= 0.6 is 11.3 Å². The van der Waals surface area contributed by atoms with Gasteiger partial charge in [-0.3, -0.25) is 19.7 Å². The summed E-state index contributed by atoms with van der Waals surface area (Å²) in [5, 5.41) is 13.0. The first-order valence-electron chi connectivity index (χ1n) is 10.5. The third-order valence-corrected chi connectivity index (χ3v) is 6.22. The maximum absolute atomic E-state index is 13.4. The SMILES string of the molecule is C=CCN(CC(=O)N(Cc1ccc(F)cc1)Cc1sccc1C)C(=O)c1cccc([N+](=O)[O-])c1. The Morgan fingerprint density at radius 1 is 1.12 bits per heavy atom. The molecule has 3 aromatic rings. The molecule has 0 spiro atoms. The van der Waals surface area contributed by atoms with Crippen LogP contribution in [0.1, 0.15) is 26.4 Å². The van der Waals surface area contributed by atoms with Crippen molar-refractivity contribution in [1.82, 2.24) is 9.80 Å². The number of nitro groups is 1. The first kappa shape index (κ1) is 24.8. The minimum absolute atomic E-state index is 0.0929. The predicted molar refractivity (Wildman–Crippen MR) is 129 cm³/mol. The third kappa shape index (κ3) is 6.35. The van der Waals surface area contributed by atoms with E-state index in [0.29, 0.717) is 6.54 Å². The molecule has 7 nitrogen and oxygen atoms in total. The highest BCUT2D eigenvalue weighted by molar-refractivity contribution is 7.10. The molecular weight excluding hydrogens is 457 g/mol. The van der Waals surface area contributed by atoms with Crippen LogP contribution in [0.15, 0.2) is 72.6 Å². The summed E-state index contributed by atoms with van der Waals surface area (Å²) < 4.78 is 13.4. The summed E-state index contributed by atoms with van der Waals surface area (Å²) in [7, 11) is 0. The number of halogens is 1. The number of aryl methyl sites for hydroxylation is 1. The molecule has 0 bridgehead atoms. The second-order valence-electron chi connectivity index (χ2n) is 7.68. The van der Waals surface area contributed by atoms with Crippen LogP contribution in [0, 0.1) is 22.9 Å². The van der Waals surface area contributed by atoms with E-state index in [1.807, 2.05) is 18.4 Å². The van der Waals surface area contributed by atoms with Crippen LogP contribution in [-0.2, 0) is 17.9 Å². The van der Waals surface area contributed by atoms with Gasteiger partial charge in [0.05, 0.1) is 11.5 Å². The number of benzene rings is 2. The summed E-state index contributed by atoms with van der Waals surface area (Å²) in [5.74, 6) is -1.18. The van der Waals surface area contributed by atoms with Gasteiger partial charge in [0.1, 0.15) is 12.4 Å². The van der Waals surface area contributed by atoms with Gasteiger partial charge in [-0.1, -0.05) is 24.3 Å². The number of carbonyl (C=O) groups excluding carboxylic acids is 2. The smallest absolute Gasteiger partial charge is 0.270 e. The number of non-ortho nitro benzene ring substituents is 1. The van der Waals surface area contributed by atoms with Crippen molar-refractivity contribution < 1.29 is 18.9 Å². The van der Waals surface area contributed by atoms with Crippen molar-refractivity contribution in [1.29, 1.82) is 0 Å². The van der Waals surface area contributed by atoms with Crippen molar-refractivity contribution in [3.63, 3.8) is 0 Å². The highest BCUT2D eigenvalue weighted by Gasteiger charge is 2.24. The summed E-state index contributed by atoms with van der Waals surface area (Å²) in [4.78, 5) is 40.9. The highest BCUT2D eigenvalue weighted by Crippen LogP contribution is 2.20. The van der Waals surface area contributed by atoms with Crippen LogP contribution < -0.4 is 0 Å². The molecule has 0 aliphatic heterocycles. The van der Waals surface area contributed by atoms with Gasteiger partial charge >= 0.3 is 0 Å². The number of amides is 2. The van der Waals surface area contributed by atoms with E-state index in [-0.39, 0.29) is 42.6 Å². The van der Waals surface area contributed by atoms with E-state index in [1.54, 1.807) is 17.0 Å². The molecule has 0 radical (unpaired) electrons. The van der Waals surface area contributed by atoms with Gasteiger partial charge in [0, 0.05) is 35.7 Å². The fourth-order valence-electron chi connectivity index (χ4n) is 3.36. The van der Waals surface area contributed by atoms with Gasteiger partial charge in [-0.2, -0.15) is 0 Å². The van der Waals surface area contributed by atoms with Crippen molar-refractivity contribution in [3.8, 4) is 0 Å². The van der Waals surface area contributed by atoms with Gasteiger partial charge in [-0.25, -0.2) is 4.39 Å². The topological polar surface area (TPSA) is 83.8 Å². The number of nitrogens with zero attached hydrogens (tertiary/aromatic N) is 3. The Kier molecular flexibility index (Phi) is 8.26. The molecule has 3 rings (SSSR count). The van der Waals surface area contributed by atoms with E-state index < -0.39 is 10.8 Å². The lowest BCUT2D eigenvalue weighted by molar-refractivity contribution is -0.384. The first-order chi connectivity index (χ1) is 16.3. The Hall–Kier alpha value is -3.85. The molecule has 1 aromatic heterocycles. The van der Waals surface area contributed by atoms with Crippen LogP contribution in [0.25, 0.3) is 0 Å². The number of hydrogen-bond donors (Lipinski definition) is 0. The molecular formula is C25H24FN3O4S. The zero-order valence-corrected chi connectivity index (χ0v) is 19.5. The van der Waals surface area contributed by atoms with Crippen molar-refractivity contribution in [2.24, 2.45) is 0 Å². The average molecular weight is 482 g/mol. The molecule has 0 atom stereocenters. The molecule has 2 aromatic carbocycles. The van der Waals surface area contributed by atoms with Gasteiger partial charge in [0.2, 0.25) is 5.91 Å². The normalized spacial score (nSPS) is 10.5. The highest BCUT2D eigenvalue weighted by atomic mass is 32.1. The molecule has 176 valence electrons. The molecule has 0 saturated heterocycles. The molecule has 0 aliphatic carbocycles. The largest absolute Gasteiger partial charge is 0.332 e. The maximum atomic E-state index is 13.4. The molecule has 0 fully saturated rings. The Morgan fingerprint density at radius 3 is 2.47 bits per heavy atom. The molecule has 1 heterocycles. The van der Waals surface area contributed by atoms with E-state index in [2.05, 4.69) is 6.58 Å². The molecule has 2 amide bonds. The van der Waals surface area contributed by atoms with Gasteiger partial charge < -0.3 is 9.80 Å². The number of thiophene rings is 1. The lowest BCUT2D eigenvalue weighted by Crippen LogP contribution is -2.42. The monoisotopic (exact) mass is 481 g/mol. The number of carbonyl (C=O) groups is 2. The maximum Gasteiger partial charge on any atom is 0.270 e. The van der Waals surface area contributed by atoms with E-state index in [4.69, 9.17) is 0 Å². The van der Waals surface area contributed by atoms with Crippen LogP contribution in [0.3, 0.4) is 0 Å². The second kappa shape index (κ2) is 11.3. The number of hydrogen-bond acceptors (Lipinski definition) is 5. The minimum atomic E-state index is -0.576. The van der Waals surface area contributed by atoms with Crippen molar-refractivity contribution in [3.05, 3.63) is 110 Å². The lowest BCUT2D eigenvalue weighted by Gasteiger charge is -2.27. The summed E-state index contributed by atoms with van der Waals surface area (Å²) in [6, 6.07) is 13.3. The van der Waals surface area contributed by atoms with Crippen LogP contribution in [0.4, 0.5) is 10.1 Å². The van der Waals surface area contributed by atoms with Crippen molar-refractivity contribution in [2.45, 2.75) is 20.0 Å². The lowest BCUT2D eigenvalue weighted by atomic mass is 10.1. The molecule has 9 heteroatoms. The van der Waals surface area contributed by atoms with Crippen LogP contribution in [0.2, 0.25) is 0 Å². The van der Waals surface area contributed by atoms with Gasteiger partial charge in [0.25, 0.3) is 11.6 Å². The molecule has 0 aliphatic rings. The standard InChI is InChI=1S/C25H24FN3O4S/c1-3-12-27(25(31)20-5-4-6-22(14-20)29(32)33)17-24(30)28(16-23-18(2)11-13-34-23)15-19-7-9-21(26)10-8-19/h3-11,13-14H,1,12,15-17H2,2H3. The minimum Gasteiger partial charge on any atom is -0.332 e.